The number of hydrogen-bond donors (Lipinski definition) is 1. The summed E-state index contributed by atoms with van der Waals surface area (Å²) in [5, 5.41) is 9.31. The Morgan fingerprint density at radius 1 is 1.05 bits per heavy atom. The van der Waals surface area contributed by atoms with E-state index in [0.29, 0.717) is 25.9 Å². The van der Waals surface area contributed by atoms with Gasteiger partial charge in [0, 0.05) is 19.5 Å². The maximum absolute atomic E-state index is 12.5. The fraction of sp³-hybridized carbons (Fsp3) is 0.800. The van der Waals surface area contributed by atoms with Gasteiger partial charge in [-0.2, -0.15) is 0 Å². The third kappa shape index (κ3) is 4.19. The number of carboxylic acid groups (broad SMARTS) is 1. The van der Waals surface area contributed by atoms with Crippen LogP contribution >= 0.6 is 0 Å². The maximum Gasteiger partial charge on any atom is 0.326 e. The zero-order valence-electron chi connectivity index (χ0n) is 12.4. The number of carboxylic acids is 1. The molecule has 0 aliphatic carbocycles. The van der Waals surface area contributed by atoms with Gasteiger partial charge in [-0.1, -0.05) is 19.3 Å². The molecular weight excluding hydrogens is 272 g/mol. The van der Waals surface area contributed by atoms with Crippen molar-refractivity contribution in [2.45, 2.75) is 57.4 Å². The molecule has 2 aliphatic rings. The van der Waals surface area contributed by atoms with Crippen LogP contribution < -0.4 is 0 Å². The number of amides is 2. The molecule has 6 heteroatoms. The van der Waals surface area contributed by atoms with Gasteiger partial charge in [0.2, 0.25) is 11.8 Å². The highest BCUT2D eigenvalue weighted by atomic mass is 16.4. The fourth-order valence-corrected chi connectivity index (χ4v) is 3.12. The van der Waals surface area contributed by atoms with Crippen LogP contribution in [0.1, 0.15) is 51.4 Å². The van der Waals surface area contributed by atoms with E-state index >= 15 is 0 Å². The van der Waals surface area contributed by atoms with Crippen molar-refractivity contribution in [3.63, 3.8) is 0 Å². The minimum absolute atomic E-state index is 0.0162. The van der Waals surface area contributed by atoms with E-state index in [4.69, 9.17) is 0 Å². The number of likely N-dealkylation sites (tertiary alicyclic amines) is 2. The smallest absolute Gasteiger partial charge is 0.326 e. The first-order valence-electron chi connectivity index (χ1n) is 7.89. The molecule has 21 heavy (non-hydrogen) atoms. The van der Waals surface area contributed by atoms with Gasteiger partial charge < -0.3 is 14.9 Å². The lowest BCUT2D eigenvalue weighted by atomic mass is 10.1. The number of nitrogens with zero attached hydrogens (tertiary/aromatic N) is 2. The minimum Gasteiger partial charge on any atom is -0.480 e. The van der Waals surface area contributed by atoms with Gasteiger partial charge in [-0.15, -0.1) is 0 Å². The van der Waals surface area contributed by atoms with Crippen LogP contribution in [0, 0.1) is 0 Å². The van der Waals surface area contributed by atoms with Gasteiger partial charge in [-0.05, 0) is 25.7 Å². The molecule has 118 valence electrons. The Hall–Kier alpha value is -1.59. The second-order valence-corrected chi connectivity index (χ2v) is 5.92. The van der Waals surface area contributed by atoms with Crippen LogP contribution in [0.25, 0.3) is 0 Å². The summed E-state index contributed by atoms with van der Waals surface area (Å²) in [7, 11) is 0. The summed E-state index contributed by atoms with van der Waals surface area (Å²) in [5.74, 6) is -1.14. The predicted molar refractivity (Wildman–Crippen MR) is 76.7 cm³/mol. The molecule has 2 amide bonds. The molecule has 2 saturated heterocycles. The van der Waals surface area contributed by atoms with Crippen molar-refractivity contribution in [2.75, 3.05) is 19.6 Å². The zero-order chi connectivity index (χ0) is 15.2. The van der Waals surface area contributed by atoms with E-state index in [1.807, 2.05) is 0 Å². The van der Waals surface area contributed by atoms with Gasteiger partial charge in [0.05, 0.1) is 6.54 Å². The van der Waals surface area contributed by atoms with E-state index in [0.717, 1.165) is 38.5 Å². The number of carbonyl (C=O) groups is 3. The molecule has 0 aromatic rings. The minimum atomic E-state index is -0.938. The third-order valence-corrected chi connectivity index (χ3v) is 4.36. The maximum atomic E-state index is 12.5. The quantitative estimate of drug-likeness (QED) is 0.850. The summed E-state index contributed by atoms with van der Waals surface area (Å²) in [6, 6.07) is -0.734. The van der Waals surface area contributed by atoms with E-state index in [1.54, 1.807) is 4.90 Å². The lowest BCUT2D eigenvalue weighted by Gasteiger charge is -2.29. The van der Waals surface area contributed by atoms with E-state index in [1.165, 1.54) is 4.90 Å². The molecule has 2 heterocycles. The zero-order valence-corrected chi connectivity index (χ0v) is 12.4. The summed E-state index contributed by atoms with van der Waals surface area (Å²) in [5.41, 5.74) is 0. The van der Waals surface area contributed by atoms with E-state index < -0.39 is 12.0 Å². The Bertz CT molecular complexity index is 410. The third-order valence-electron chi connectivity index (χ3n) is 4.36. The molecule has 1 N–H and O–H groups in total. The van der Waals surface area contributed by atoms with Crippen LogP contribution in [0.4, 0.5) is 0 Å². The van der Waals surface area contributed by atoms with Crippen molar-refractivity contribution in [1.29, 1.82) is 0 Å². The first-order valence-corrected chi connectivity index (χ1v) is 7.89. The van der Waals surface area contributed by atoms with Crippen LogP contribution in [-0.2, 0) is 14.4 Å². The normalized spacial score (nSPS) is 24.4. The number of aliphatic carboxylic acids is 1. The van der Waals surface area contributed by atoms with Crippen molar-refractivity contribution in [2.24, 2.45) is 0 Å². The summed E-state index contributed by atoms with van der Waals surface area (Å²) in [6.45, 7) is 1.12. The second-order valence-electron chi connectivity index (χ2n) is 5.92. The first kappa shape index (κ1) is 15.8. The molecular formula is C15H24N2O4. The van der Waals surface area contributed by atoms with Crippen molar-refractivity contribution in [1.82, 2.24) is 9.80 Å². The molecule has 2 fully saturated rings. The Kier molecular flexibility index (Phi) is 5.59. The van der Waals surface area contributed by atoms with Crippen LogP contribution in [0.15, 0.2) is 0 Å². The van der Waals surface area contributed by atoms with Crippen molar-refractivity contribution in [3.05, 3.63) is 0 Å². The largest absolute Gasteiger partial charge is 0.480 e. The number of rotatable bonds is 3. The second kappa shape index (κ2) is 7.43. The average molecular weight is 296 g/mol. The van der Waals surface area contributed by atoms with Crippen LogP contribution in [0.5, 0.6) is 0 Å². The predicted octanol–water partition coefficient (Wildman–Crippen LogP) is 1.24. The monoisotopic (exact) mass is 296 g/mol. The Balaban J connectivity index is 2.02. The molecule has 6 nitrogen and oxygen atoms in total. The summed E-state index contributed by atoms with van der Waals surface area (Å²) < 4.78 is 0. The van der Waals surface area contributed by atoms with Crippen LogP contribution in [-0.4, -0.2) is 58.4 Å². The standard InChI is InChI=1S/C15H24N2O4/c18-13-8-4-2-5-9-16(13)11-14(19)17-10-6-1-3-7-12(17)15(20)21/h12H,1-11H2,(H,20,21). The van der Waals surface area contributed by atoms with E-state index in [2.05, 4.69) is 0 Å². The highest BCUT2D eigenvalue weighted by molar-refractivity contribution is 5.88. The van der Waals surface area contributed by atoms with Gasteiger partial charge >= 0.3 is 5.97 Å². The van der Waals surface area contributed by atoms with E-state index in [9.17, 15) is 19.5 Å². The molecule has 0 radical (unpaired) electrons. The van der Waals surface area contributed by atoms with Crippen molar-refractivity contribution >= 4 is 17.8 Å². The number of carbonyl (C=O) groups excluding carboxylic acids is 2. The Labute approximate surface area is 125 Å². The van der Waals surface area contributed by atoms with Gasteiger partial charge in [-0.25, -0.2) is 4.79 Å². The lowest BCUT2D eigenvalue weighted by Crippen LogP contribution is -2.49. The molecule has 0 bridgehead atoms. The van der Waals surface area contributed by atoms with Gasteiger partial charge in [-0.3, -0.25) is 9.59 Å². The Morgan fingerprint density at radius 3 is 2.52 bits per heavy atom. The topological polar surface area (TPSA) is 77.9 Å². The number of hydrogen-bond acceptors (Lipinski definition) is 3. The van der Waals surface area contributed by atoms with Gasteiger partial charge in [0.1, 0.15) is 6.04 Å². The first-order chi connectivity index (χ1) is 10.1. The average Bonchev–Trinajstić information content (AvgIpc) is 2.80. The lowest BCUT2D eigenvalue weighted by molar-refractivity contribution is -0.151. The molecule has 0 aromatic carbocycles. The van der Waals surface area contributed by atoms with Crippen LogP contribution in [0.2, 0.25) is 0 Å². The highest BCUT2D eigenvalue weighted by Crippen LogP contribution is 2.18. The Morgan fingerprint density at radius 2 is 1.76 bits per heavy atom. The molecule has 0 saturated carbocycles. The summed E-state index contributed by atoms with van der Waals surface area (Å²) >= 11 is 0. The van der Waals surface area contributed by atoms with Gasteiger partial charge in [0.25, 0.3) is 0 Å². The molecule has 2 rings (SSSR count). The molecule has 0 aromatic heterocycles. The molecule has 1 unspecified atom stereocenters. The molecule has 2 aliphatic heterocycles. The SMILES string of the molecule is O=C(O)C1CCCCCN1C(=O)CN1CCCCCC1=O. The van der Waals surface area contributed by atoms with Gasteiger partial charge in [0.15, 0.2) is 0 Å². The highest BCUT2D eigenvalue weighted by Gasteiger charge is 2.32. The van der Waals surface area contributed by atoms with Crippen molar-refractivity contribution in [3.8, 4) is 0 Å². The van der Waals surface area contributed by atoms with Crippen molar-refractivity contribution < 1.29 is 19.5 Å². The molecule has 1 atom stereocenters. The van der Waals surface area contributed by atoms with E-state index in [-0.39, 0.29) is 18.4 Å². The summed E-state index contributed by atoms with van der Waals surface area (Å²) in [4.78, 5) is 38.8. The summed E-state index contributed by atoms with van der Waals surface area (Å²) in [6.07, 6.45) is 6.44. The van der Waals surface area contributed by atoms with Crippen LogP contribution in [0.3, 0.4) is 0 Å². The molecule has 0 spiro atoms. The fourth-order valence-electron chi connectivity index (χ4n) is 3.12.